The molecule has 0 radical (unpaired) electrons. The van der Waals surface area contributed by atoms with E-state index in [1.54, 1.807) is 48.1 Å². The van der Waals surface area contributed by atoms with E-state index in [0.29, 0.717) is 29.2 Å². The van der Waals surface area contributed by atoms with Crippen molar-refractivity contribution in [3.05, 3.63) is 58.4 Å². The molecule has 0 atom stereocenters. The van der Waals surface area contributed by atoms with Crippen LogP contribution in [0.1, 0.15) is 26.4 Å². The topological polar surface area (TPSA) is 71.3 Å². The van der Waals surface area contributed by atoms with Crippen molar-refractivity contribution in [2.24, 2.45) is 7.05 Å². The lowest BCUT2D eigenvalue weighted by molar-refractivity contribution is 0.0695. The summed E-state index contributed by atoms with van der Waals surface area (Å²) < 4.78 is 1.64. The zero-order valence-electron chi connectivity index (χ0n) is 11.5. The third kappa shape index (κ3) is 3.64. The van der Waals surface area contributed by atoms with Gasteiger partial charge < -0.3 is 15.0 Å². The highest BCUT2D eigenvalue weighted by atomic mass is 35.5. The van der Waals surface area contributed by atoms with Gasteiger partial charge in [-0.15, -0.1) is 0 Å². The van der Waals surface area contributed by atoms with Gasteiger partial charge in [0.1, 0.15) is 5.69 Å². The van der Waals surface area contributed by atoms with Crippen molar-refractivity contribution in [3.63, 3.8) is 0 Å². The second-order valence-corrected chi connectivity index (χ2v) is 5.06. The van der Waals surface area contributed by atoms with Crippen LogP contribution >= 0.6 is 11.6 Å². The maximum Gasteiger partial charge on any atom is 0.335 e. The zero-order chi connectivity index (χ0) is 15.4. The molecule has 2 rings (SSSR count). The van der Waals surface area contributed by atoms with Gasteiger partial charge in [0.05, 0.1) is 10.6 Å². The van der Waals surface area contributed by atoms with Crippen LogP contribution in [-0.2, 0) is 13.5 Å². The number of benzene rings is 1. The number of hydrogen-bond donors (Lipinski definition) is 2. The van der Waals surface area contributed by atoms with Gasteiger partial charge in [-0.3, -0.25) is 4.79 Å². The van der Waals surface area contributed by atoms with Crippen LogP contribution in [0, 0.1) is 0 Å². The van der Waals surface area contributed by atoms with E-state index in [4.69, 9.17) is 16.7 Å². The predicted molar refractivity (Wildman–Crippen MR) is 79.9 cm³/mol. The highest BCUT2D eigenvalue weighted by Gasteiger charge is 2.12. The summed E-state index contributed by atoms with van der Waals surface area (Å²) in [5.74, 6) is -1.21. The number of hydrogen-bond acceptors (Lipinski definition) is 2. The molecule has 1 heterocycles. The first kappa shape index (κ1) is 15.1. The van der Waals surface area contributed by atoms with Crippen molar-refractivity contribution < 1.29 is 14.7 Å². The van der Waals surface area contributed by atoms with Crippen molar-refractivity contribution in [1.82, 2.24) is 9.88 Å². The van der Waals surface area contributed by atoms with Crippen LogP contribution in [0.4, 0.5) is 0 Å². The predicted octanol–water partition coefficient (Wildman–Crippen LogP) is 2.35. The van der Waals surface area contributed by atoms with E-state index in [-0.39, 0.29) is 11.5 Å². The highest BCUT2D eigenvalue weighted by Crippen LogP contribution is 2.13. The minimum Gasteiger partial charge on any atom is -0.478 e. The van der Waals surface area contributed by atoms with Crippen LogP contribution < -0.4 is 5.32 Å². The number of carbonyl (C=O) groups excluding carboxylic acids is 1. The Labute approximate surface area is 127 Å². The largest absolute Gasteiger partial charge is 0.478 e. The molecule has 0 fully saturated rings. The Bertz CT molecular complexity index is 679. The van der Waals surface area contributed by atoms with Crippen molar-refractivity contribution in [2.75, 3.05) is 6.54 Å². The van der Waals surface area contributed by atoms with E-state index < -0.39 is 5.97 Å². The number of halogens is 1. The van der Waals surface area contributed by atoms with Crippen LogP contribution in [0.25, 0.3) is 0 Å². The van der Waals surface area contributed by atoms with Crippen molar-refractivity contribution in [3.8, 4) is 0 Å². The van der Waals surface area contributed by atoms with Gasteiger partial charge >= 0.3 is 5.97 Å². The Hall–Kier alpha value is -2.27. The van der Waals surface area contributed by atoms with Crippen molar-refractivity contribution in [1.29, 1.82) is 0 Å². The van der Waals surface area contributed by atoms with Crippen molar-refractivity contribution >= 4 is 23.5 Å². The molecular formula is C15H15ClN2O3. The second-order valence-electron chi connectivity index (χ2n) is 4.62. The second kappa shape index (κ2) is 6.45. The van der Waals surface area contributed by atoms with Gasteiger partial charge in [0.15, 0.2) is 0 Å². The minimum absolute atomic E-state index is 0.239. The number of carboxylic acids is 1. The Morgan fingerprint density at radius 1 is 1.33 bits per heavy atom. The SMILES string of the molecule is Cn1cc(Cl)cc1C(=O)NCCc1ccccc1C(=O)O. The summed E-state index contributed by atoms with van der Waals surface area (Å²) in [6.07, 6.45) is 2.10. The molecule has 5 nitrogen and oxygen atoms in total. The number of nitrogens with zero attached hydrogens (tertiary/aromatic N) is 1. The average Bonchev–Trinajstić information content (AvgIpc) is 2.78. The normalized spacial score (nSPS) is 10.4. The summed E-state index contributed by atoms with van der Waals surface area (Å²) in [7, 11) is 1.74. The van der Waals surface area contributed by atoms with Gasteiger partial charge in [0, 0.05) is 19.8 Å². The van der Waals surface area contributed by atoms with E-state index in [1.807, 2.05) is 0 Å². The Balaban J connectivity index is 1.97. The van der Waals surface area contributed by atoms with E-state index in [0.717, 1.165) is 0 Å². The molecule has 0 aliphatic carbocycles. The molecule has 2 aromatic rings. The molecule has 0 saturated carbocycles. The van der Waals surface area contributed by atoms with Gasteiger partial charge in [-0.25, -0.2) is 4.79 Å². The number of rotatable bonds is 5. The maximum atomic E-state index is 12.0. The molecule has 0 spiro atoms. The molecule has 0 saturated heterocycles. The molecule has 1 amide bonds. The number of aromatic nitrogens is 1. The molecule has 0 unspecified atom stereocenters. The van der Waals surface area contributed by atoms with Gasteiger partial charge in [-0.1, -0.05) is 29.8 Å². The number of aromatic carboxylic acids is 1. The number of carbonyl (C=O) groups is 2. The fourth-order valence-corrected chi connectivity index (χ4v) is 2.35. The first-order valence-electron chi connectivity index (χ1n) is 6.40. The zero-order valence-corrected chi connectivity index (χ0v) is 12.2. The van der Waals surface area contributed by atoms with E-state index in [1.165, 1.54) is 0 Å². The lowest BCUT2D eigenvalue weighted by atomic mass is 10.0. The smallest absolute Gasteiger partial charge is 0.335 e. The van der Waals surface area contributed by atoms with Crippen LogP contribution in [0.3, 0.4) is 0 Å². The third-order valence-corrected chi connectivity index (χ3v) is 3.34. The molecule has 2 N–H and O–H groups in total. The summed E-state index contributed by atoms with van der Waals surface area (Å²) in [4.78, 5) is 23.1. The molecule has 0 bridgehead atoms. The molecule has 0 aliphatic heterocycles. The lowest BCUT2D eigenvalue weighted by Crippen LogP contribution is -2.27. The Kier molecular flexibility index (Phi) is 4.65. The minimum atomic E-state index is -0.967. The summed E-state index contributed by atoms with van der Waals surface area (Å²) in [5.41, 5.74) is 1.41. The van der Waals surface area contributed by atoms with Crippen LogP contribution in [0.2, 0.25) is 5.02 Å². The standard InChI is InChI=1S/C15H15ClN2O3/c1-18-9-11(16)8-13(18)14(19)17-7-6-10-4-2-3-5-12(10)15(20)21/h2-5,8-9H,6-7H2,1H3,(H,17,19)(H,20,21). The monoisotopic (exact) mass is 306 g/mol. The first-order chi connectivity index (χ1) is 9.99. The van der Waals surface area contributed by atoms with E-state index in [9.17, 15) is 9.59 Å². The molecule has 21 heavy (non-hydrogen) atoms. The van der Waals surface area contributed by atoms with Crippen molar-refractivity contribution in [2.45, 2.75) is 6.42 Å². The molecule has 110 valence electrons. The maximum absolute atomic E-state index is 12.0. The molecule has 6 heteroatoms. The molecule has 1 aromatic carbocycles. The van der Waals surface area contributed by atoms with E-state index in [2.05, 4.69) is 5.32 Å². The quantitative estimate of drug-likeness (QED) is 0.890. The van der Waals surface area contributed by atoms with Gasteiger partial charge in [0.25, 0.3) is 5.91 Å². The molecule has 0 aliphatic rings. The summed E-state index contributed by atoms with van der Waals surface area (Å²) >= 11 is 5.83. The summed E-state index contributed by atoms with van der Waals surface area (Å²) in [5, 5.41) is 12.3. The first-order valence-corrected chi connectivity index (χ1v) is 6.78. The van der Waals surface area contributed by atoms with Gasteiger partial charge in [-0.2, -0.15) is 0 Å². The fourth-order valence-electron chi connectivity index (χ4n) is 2.10. The fraction of sp³-hybridized carbons (Fsp3) is 0.200. The average molecular weight is 307 g/mol. The highest BCUT2D eigenvalue weighted by molar-refractivity contribution is 6.31. The number of amides is 1. The van der Waals surface area contributed by atoms with Gasteiger partial charge in [0.2, 0.25) is 0 Å². The van der Waals surface area contributed by atoms with Crippen LogP contribution in [0.5, 0.6) is 0 Å². The lowest BCUT2D eigenvalue weighted by Gasteiger charge is -2.08. The van der Waals surface area contributed by atoms with Gasteiger partial charge in [-0.05, 0) is 24.1 Å². The Morgan fingerprint density at radius 2 is 2.05 bits per heavy atom. The van der Waals surface area contributed by atoms with Crippen LogP contribution in [0.15, 0.2) is 36.5 Å². The number of aryl methyl sites for hydroxylation is 1. The Morgan fingerprint density at radius 3 is 2.67 bits per heavy atom. The third-order valence-electron chi connectivity index (χ3n) is 3.13. The molecule has 1 aromatic heterocycles. The summed E-state index contributed by atoms with van der Waals surface area (Å²) in [6, 6.07) is 8.34. The molecular weight excluding hydrogens is 292 g/mol. The number of carboxylic acid groups (broad SMARTS) is 1. The number of nitrogens with one attached hydrogen (secondary N) is 1. The summed E-state index contributed by atoms with van der Waals surface area (Å²) in [6.45, 7) is 0.353. The van der Waals surface area contributed by atoms with Crippen LogP contribution in [-0.4, -0.2) is 28.1 Å². The van der Waals surface area contributed by atoms with E-state index >= 15 is 0 Å².